The number of anilines is 1. The van der Waals surface area contributed by atoms with Gasteiger partial charge in [-0.15, -0.1) is 11.3 Å². The van der Waals surface area contributed by atoms with E-state index in [0.717, 1.165) is 30.3 Å². The monoisotopic (exact) mass is 199 g/mol. The first kappa shape index (κ1) is 10.5. The Bertz CT molecular complexity index is 247. The van der Waals surface area contributed by atoms with E-state index in [9.17, 15) is 0 Å². The molecule has 4 heteroatoms. The maximum Gasteiger partial charge on any atom is 0.182 e. The zero-order valence-corrected chi connectivity index (χ0v) is 9.03. The molecule has 1 rings (SSSR count). The van der Waals surface area contributed by atoms with Crippen LogP contribution in [0.1, 0.15) is 19.0 Å². The van der Waals surface area contributed by atoms with Gasteiger partial charge in [0.25, 0.3) is 0 Å². The number of nitrogens with two attached hydrogens (primary N) is 1. The number of rotatable bonds is 5. The molecule has 0 radical (unpaired) electrons. The minimum atomic E-state index is 0.620. The van der Waals surface area contributed by atoms with Crippen LogP contribution in [0, 0.1) is 12.8 Å². The molecule has 13 heavy (non-hydrogen) atoms. The van der Waals surface area contributed by atoms with Gasteiger partial charge in [-0.1, -0.05) is 6.92 Å². The molecule has 0 saturated carbocycles. The maximum atomic E-state index is 5.46. The van der Waals surface area contributed by atoms with Crippen molar-refractivity contribution in [3.8, 4) is 0 Å². The Kier molecular flexibility index (Phi) is 4.18. The second kappa shape index (κ2) is 5.19. The number of hydrogen-bond donors (Lipinski definition) is 2. The van der Waals surface area contributed by atoms with Crippen LogP contribution in [0.4, 0.5) is 5.13 Å². The van der Waals surface area contributed by atoms with Gasteiger partial charge in [0, 0.05) is 11.9 Å². The fourth-order valence-electron chi connectivity index (χ4n) is 1.08. The van der Waals surface area contributed by atoms with Crippen LogP contribution >= 0.6 is 11.3 Å². The second-order valence-electron chi connectivity index (χ2n) is 3.36. The van der Waals surface area contributed by atoms with E-state index in [-0.39, 0.29) is 0 Å². The molecule has 0 saturated heterocycles. The molecule has 1 aromatic heterocycles. The maximum absolute atomic E-state index is 5.46. The molecule has 3 N–H and O–H groups in total. The molecule has 1 heterocycles. The molecular formula is C9H17N3S. The van der Waals surface area contributed by atoms with E-state index < -0.39 is 0 Å². The Labute approximate surface area is 83.4 Å². The van der Waals surface area contributed by atoms with Gasteiger partial charge in [0.2, 0.25) is 0 Å². The van der Waals surface area contributed by atoms with E-state index in [1.165, 1.54) is 0 Å². The topological polar surface area (TPSA) is 50.9 Å². The van der Waals surface area contributed by atoms with Crippen LogP contribution in [-0.4, -0.2) is 18.1 Å². The zero-order valence-electron chi connectivity index (χ0n) is 8.21. The molecule has 0 aromatic carbocycles. The SMILES string of the molecule is Cc1csc(NCC(C)CCN)n1. The van der Waals surface area contributed by atoms with Crippen molar-refractivity contribution >= 4 is 16.5 Å². The quantitative estimate of drug-likeness (QED) is 0.761. The highest BCUT2D eigenvalue weighted by Gasteiger charge is 2.02. The third kappa shape index (κ3) is 3.74. The molecule has 74 valence electrons. The van der Waals surface area contributed by atoms with Crippen LogP contribution in [0.25, 0.3) is 0 Å². The summed E-state index contributed by atoms with van der Waals surface area (Å²) < 4.78 is 0. The van der Waals surface area contributed by atoms with Gasteiger partial charge in [-0.05, 0) is 25.8 Å². The van der Waals surface area contributed by atoms with E-state index in [2.05, 4.69) is 22.6 Å². The lowest BCUT2D eigenvalue weighted by atomic mass is 10.1. The number of hydrogen-bond acceptors (Lipinski definition) is 4. The molecule has 0 spiro atoms. The molecule has 0 aliphatic heterocycles. The normalized spacial score (nSPS) is 12.8. The van der Waals surface area contributed by atoms with Gasteiger partial charge in [0.05, 0.1) is 5.69 Å². The van der Waals surface area contributed by atoms with Gasteiger partial charge in [0.1, 0.15) is 0 Å². The van der Waals surface area contributed by atoms with Crippen LogP contribution in [0.2, 0.25) is 0 Å². The van der Waals surface area contributed by atoms with Crippen molar-refractivity contribution in [3.63, 3.8) is 0 Å². The van der Waals surface area contributed by atoms with Crippen molar-refractivity contribution in [2.24, 2.45) is 11.7 Å². The average Bonchev–Trinajstić information content (AvgIpc) is 2.49. The molecule has 0 aliphatic rings. The smallest absolute Gasteiger partial charge is 0.182 e. The summed E-state index contributed by atoms with van der Waals surface area (Å²) in [5, 5.41) is 6.37. The van der Waals surface area contributed by atoms with Gasteiger partial charge in [-0.3, -0.25) is 0 Å². The lowest BCUT2D eigenvalue weighted by Crippen LogP contribution is -2.15. The van der Waals surface area contributed by atoms with Crippen LogP contribution in [0.5, 0.6) is 0 Å². The molecule has 0 amide bonds. The number of thiazole rings is 1. The molecule has 0 fully saturated rings. The highest BCUT2D eigenvalue weighted by atomic mass is 32.1. The Balaban J connectivity index is 2.26. The van der Waals surface area contributed by atoms with Crippen molar-refractivity contribution in [3.05, 3.63) is 11.1 Å². The van der Waals surface area contributed by atoms with Gasteiger partial charge in [-0.25, -0.2) is 4.98 Å². The van der Waals surface area contributed by atoms with Crippen LogP contribution in [-0.2, 0) is 0 Å². The predicted molar refractivity (Wildman–Crippen MR) is 58.2 cm³/mol. The van der Waals surface area contributed by atoms with Crippen molar-refractivity contribution in [1.82, 2.24) is 4.98 Å². The summed E-state index contributed by atoms with van der Waals surface area (Å²) in [5.41, 5.74) is 6.54. The molecule has 0 bridgehead atoms. The standard InChI is InChI=1S/C9H17N3S/c1-7(3-4-10)5-11-9-12-8(2)6-13-9/h6-7H,3-5,10H2,1-2H3,(H,11,12). The number of nitrogens with one attached hydrogen (secondary N) is 1. The average molecular weight is 199 g/mol. The zero-order chi connectivity index (χ0) is 9.68. The molecule has 1 atom stereocenters. The Morgan fingerprint density at radius 2 is 2.46 bits per heavy atom. The fourth-order valence-corrected chi connectivity index (χ4v) is 1.78. The Morgan fingerprint density at radius 1 is 1.69 bits per heavy atom. The summed E-state index contributed by atoms with van der Waals surface area (Å²) in [5.74, 6) is 0.620. The second-order valence-corrected chi connectivity index (χ2v) is 4.22. The van der Waals surface area contributed by atoms with Crippen molar-refractivity contribution in [2.45, 2.75) is 20.3 Å². The minimum absolute atomic E-state index is 0.620. The molecule has 0 aliphatic carbocycles. The third-order valence-electron chi connectivity index (χ3n) is 1.88. The lowest BCUT2D eigenvalue weighted by Gasteiger charge is -2.09. The van der Waals surface area contributed by atoms with Gasteiger partial charge in [0.15, 0.2) is 5.13 Å². The lowest BCUT2D eigenvalue weighted by molar-refractivity contribution is 0.568. The molecule has 3 nitrogen and oxygen atoms in total. The minimum Gasteiger partial charge on any atom is -0.361 e. The highest BCUT2D eigenvalue weighted by Crippen LogP contribution is 2.15. The first-order chi connectivity index (χ1) is 6.22. The third-order valence-corrected chi connectivity index (χ3v) is 2.80. The van der Waals surface area contributed by atoms with Gasteiger partial charge in [-0.2, -0.15) is 0 Å². The Morgan fingerprint density at radius 3 is 3.00 bits per heavy atom. The van der Waals surface area contributed by atoms with Gasteiger partial charge < -0.3 is 11.1 Å². The molecular weight excluding hydrogens is 182 g/mol. The van der Waals surface area contributed by atoms with Crippen LogP contribution < -0.4 is 11.1 Å². The van der Waals surface area contributed by atoms with E-state index >= 15 is 0 Å². The van der Waals surface area contributed by atoms with Gasteiger partial charge >= 0.3 is 0 Å². The van der Waals surface area contributed by atoms with E-state index in [0.29, 0.717) is 5.92 Å². The van der Waals surface area contributed by atoms with Crippen molar-refractivity contribution < 1.29 is 0 Å². The summed E-state index contributed by atoms with van der Waals surface area (Å²) in [6.07, 6.45) is 1.07. The fraction of sp³-hybridized carbons (Fsp3) is 0.667. The van der Waals surface area contributed by atoms with Crippen LogP contribution in [0.15, 0.2) is 5.38 Å². The first-order valence-corrected chi connectivity index (χ1v) is 5.46. The number of nitrogens with zero attached hydrogens (tertiary/aromatic N) is 1. The summed E-state index contributed by atoms with van der Waals surface area (Å²) in [6.45, 7) is 5.93. The van der Waals surface area contributed by atoms with Crippen LogP contribution in [0.3, 0.4) is 0 Å². The Hall–Kier alpha value is -0.610. The largest absolute Gasteiger partial charge is 0.361 e. The summed E-state index contributed by atoms with van der Waals surface area (Å²) >= 11 is 1.66. The number of aryl methyl sites for hydroxylation is 1. The molecule has 1 unspecified atom stereocenters. The highest BCUT2D eigenvalue weighted by molar-refractivity contribution is 7.13. The summed E-state index contributed by atoms with van der Waals surface area (Å²) in [7, 11) is 0. The molecule has 1 aromatic rings. The summed E-state index contributed by atoms with van der Waals surface area (Å²) in [4.78, 5) is 4.32. The summed E-state index contributed by atoms with van der Waals surface area (Å²) in [6, 6.07) is 0. The first-order valence-electron chi connectivity index (χ1n) is 4.58. The van der Waals surface area contributed by atoms with E-state index in [1.807, 2.05) is 6.92 Å². The predicted octanol–water partition coefficient (Wildman–Crippen LogP) is 1.85. The van der Waals surface area contributed by atoms with E-state index in [4.69, 9.17) is 5.73 Å². The van der Waals surface area contributed by atoms with E-state index in [1.54, 1.807) is 11.3 Å². The van der Waals surface area contributed by atoms with Crippen molar-refractivity contribution in [1.29, 1.82) is 0 Å². The van der Waals surface area contributed by atoms with Crippen molar-refractivity contribution in [2.75, 3.05) is 18.4 Å². The number of aromatic nitrogens is 1.